The second-order valence-electron chi connectivity index (χ2n) is 6.32. The van der Waals surface area contributed by atoms with Crippen molar-refractivity contribution in [1.82, 2.24) is 14.5 Å². The van der Waals surface area contributed by atoms with Crippen molar-refractivity contribution in [3.8, 4) is 10.6 Å². The van der Waals surface area contributed by atoms with Gasteiger partial charge in [-0.1, -0.05) is 6.92 Å². The monoisotopic (exact) mass is 339 g/mol. The molecule has 2 aromatic heterocycles. The fourth-order valence-electron chi connectivity index (χ4n) is 3.39. The maximum atomic E-state index is 12.7. The molecule has 0 radical (unpaired) electrons. The number of hydrogen-bond donors (Lipinski definition) is 0. The van der Waals surface area contributed by atoms with Gasteiger partial charge in [-0.15, -0.1) is 11.3 Å². The zero-order chi connectivity index (χ0) is 16.7. The van der Waals surface area contributed by atoms with Gasteiger partial charge in [0.15, 0.2) is 0 Å². The van der Waals surface area contributed by atoms with Crippen molar-refractivity contribution in [1.29, 1.82) is 0 Å². The number of fused-ring (bicyclic) bond motifs is 2. The first-order chi connectivity index (χ1) is 11.7. The molecule has 124 valence electrons. The Balaban J connectivity index is 1.98. The van der Waals surface area contributed by atoms with Crippen LogP contribution < -0.4 is 5.56 Å². The maximum absolute atomic E-state index is 12.7. The van der Waals surface area contributed by atoms with Crippen molar-refractivity contribution >= 4 is 22.2 Å². The second-order valence-corrected chi connectivity index (χ2v) is 7.41. The summed E-state index contributed by atoms with van der Waals surface area (Å²) in [5.41, 5.74) is 4.26. The quantitative estimate of drug-likeness (QED) is 0.725. The smallest absolute Gasteiger partial charge is 0.261 e. The Morgan fingerprint density at radius 2 is 2.04 bits per heavy atom. The van der Waals surface area contributed by atoms with E-state index in [4.69, 9.17) is 4.98 Å². The topological polar surface area (TPSA) is 47.8 Å². The summed E-state index contributed by atoms with van der Waals surface area (Å²) in [4.78, 5) is 23.6. The number of benzene rings is 1. The van der Waals surface area contributed by atoms with Gasteiger partial charge in [0.25, 0.3) is 5.56 Å². The third-order valence-corrected chi connectivity index (χ3v) is 6.00. The second kappa shape index (κ2) is 6.13. The van der Waals surface area contributed by atoms with Crippen molar-refractivity contribution in [2.45, 2.75) is 52.5 Å². The molecule has 0 atom stereocenters. The van der Waals surface area contributed by atoms with Gasteiger partial charge in [0.2, 0.25) is 0 Å². The Labute approximate surface area is 145 Å². The molecule has 1 aliphatic rings. The third-order valence-electron chi connectivity index (χ3n) is 4.81. The van der Waals surface area contributed by atoms with Crippen molar-refractivity contribution in [2.24, 2.45) is 0 Å². The molecule has 0 fully saturated rings. The molecular formula is C19H21N3OS. The Hall–Kier alpha value is -2.01. The van der Waals surface area contributed by atoms with Crippen LogP contribution in [0.15, 0.2) is 23.3 Å². The summed E-state index contributed by atoms with van der Waals surface area (Å²) in [6, 6.07) is 4.16. The first-order valence-corrected chi connectivity index (χ1v) is 9.54. The van der Waals surface area contributed by atoms with Crippen LogP contribution in [0.3, 0.4) is 0 Å². The molecule has 0 unspecified atom stereocenters. The first kappa shape index (κ1) is 15.5. The predicted molar refractivity (Wildman–Crippen MR) is 98.8 cm³/mol. The van der Waals surface area contributed by atoms with E-state index in [1.807, 2.05) is 13.0 Å². The van der Waals surface area contributed by atoms with E-state index < -0.39 is 0 Å². The van der Waals surface area contributed by atoms with Crippen LogP contribution in [-0.2, 0) is 25.8 Å². The van der Waals surface area contributed by atoms with Crippen molar-refractivity contribution in [2.75, 3.05) is 0 Å². The van der Waals surface area contributed by atoms with Gasteiger partial charge in [0.05, 0.1) is 22.9 Å². The van der Waals surface area contributed by atoms with Gasteiger partial charge in [-0.25, -0.2) is 9.97 Å². The van der Waals surface area contributed by atoms with Crippen LogP contribution in [0.1, 0.15) is 42.8 Å². The molecule has 3 aromatic rings. The van der Waals surface area contributed by atoms with Gasteiger partial charge >= 0.3 is 0 Å². The lowest BCUT2D eigenvalue weighted by Gasteiger charge is -2.09. The largest absolute Gasteiger partial charge is 0.299 e. The lowest BCUT2D eigenvalue weighted by atomic mass is 10.0. The molecule has 5 heteroatoms. The molecule has 0 bridgehead atoms. The van der Waals surface area contributed by atoms with Crippen LogP contribution in [0.2, 0.25) is 0 Å². The summed E-state index contributed by atoms with van der Waals surface area (Å²) in [5, 5.41) is 1.73. The van der Waals surface area contributed by atoms with Crippen LogP contribution in [0.4, 0.5) is 0 Å². The summed E-state index contributed by atoms with van der Waals surface area (Å²) in [5.74, 6) is 0. The molecule has 0 N–H and O–H groups in total. The van der Waals surface area contributed by atoms with Gasteiger partial charge in [0, 0.05) is 17.0 Å². The molecule has 1 aromatic carbocycles. The molecule has 2 heterocycles. The predicted octanol–water partition coefficient (Wildman–Crippen LogP) is 3.98. The lowest BCUT2D eigenvalue weighted by Crippen LogP contribution is -2.19. The van der Waals surface area contributed by atoms with Gasteiger partial charge in [-0.3, -0.25) is 9.36 Å². The maximum Gasteiger partial charge on any atom is 0.261 e. The Morgan fingerprint density at radius 1 is 1.21 bits per heavy atom. The fraction of sp³-hybridized carbons (Fsp3) is 0.421. The Bertz CT molecular complexity index is 947. The molecule has 4 rings (SSSR count). The van der Waals surface area contributed by atoms with Crippen LogP contribution in [0.25, 0.3) is 21.5 Å². The van der Waals surface area contributed by atoms with Gasteiger partial charge in [-0.05, 0) is 56.7 Å². The SMILES string of the molecule is CCc1cc(-c2nc3c(s2)CCCC3)c2ncn(CC)c(=O)c2c1. The molecule has 0 spiro atoms. The molecule has 0 saturated carbocycles. The first-order valence-electron chi connectivity index (χ1n) is 8.72. The van der Waals surface area contributed by atoms with E-state index in [0.717, 1.165) is 35.4 Å². The van der Waals surface area contributed by atoms with Crippen LogP contribution in [0.5, 0.6) is 0 Å². The average molecular weight is 339 g/mol. The van der Waals surface area contributed by atoms with E-state index in [1.165, 1.54) is 29.0 Å². The van der Waals surface area contributed by atoms with Crippen molar-refractivity contribution in [3.63, 3.8) is 0 Å². The molecular weight excluding hydrogens is 318 g/mol. The molecule has 4 nitrogen and oxygen atoms in total. The fourth-order valence-corrected chi connectivity index (χ4v) is 4.56. The molecule has 0 aliphatic heterocycles. The highest BCUT2D eigenvalue weighted by molar-refractivity contribution is 7.15. The summed E-state index contributed by atoms with van der Waals surface area (Å²) in [7, 11) is 0. The summed E-state index contributed by atoms with van der Waals surface area (Å²) < 4.78 is 1.67. The molecule has 0 saturated heterocycles. The summed E-state index contributed by atoms with van der Waals surface area (Å²) in [6.07, 6.45) is 7.25. The van der Waals surface area contributed by atoms with Crippen LogP contribution in [0, 0.1) is 0 Å². The standard InChI is InChI=1S/C19H21N3OS/c1-3-12-9-13(18-21-15-7-5-6-8-16(15)24-18)17-14(10-12)19(23)22(4-2)11-20-17/h9-11H,3-8H2,1-2H3. The summed E-state index contributed by atoms with van der Waals surface area (Å²) >= 11 is 1.78. The van der Waals surface area contributed by atoms with Gasteiger partial charge in [-0.2, -0.15) is 0 Å². The third kappa shape index (κ3) is 2.47. The summed E-state index contributed by atoms with van der Waals surface area (Å²) in [6.45, 7) is 4.72. The Morgan fingerprint density at radius 3 is 2.79 bits per heavy atom. The normalized spacial score (nSPS) is 14.1. The van der Waals surface area contributed by atoms with E-state index in [1.54, 1.807) is 22.2 Å². The minimum Gasteiger partial charge on any atom is -0.299 e. The van der Waals surface area contributed by atoms with E-state index >= 15 is 0 Å². The van der Waals surface area contributed by atoms with Crippen LogP contribution in [-0.4, -0.2) is 14.5 Å². The number of aromatic nitrogens is 3. The lowest BCUT2D eigenvalue weighted by molar-refractivity contribution is 0.682. The zero-order valence-electron chi connectivity index (χ0n) is 14.1. The number of hydrogen-bond acceptors (Lipinski definition) is 4. The van der Waals surface area contributed by atoms with E-state index in [9.17, 15) is 4.79 Å². The Kier molecular flexibility index (Phi) is 3.96. The number of aryl methyl sites for hydroxylation is 4. The molecule has 1 aliphatic carbocycles. The molecule has 0 amide bonds. The van der Waals surface area contributed by atoms with Crippen molar-refractivity contribution < 1.29 is 0 Å². The minimum atomic E-state index is 0.0420. The van der Waals surface area contributed by atoms with Crippen molar-refractivity contribution in [3.05, 3.63) is 44.9 Å². The van der Waals surface area contributed by atoms with Gasteiger partial charge in [0.1, 0.15) is 5.01 Å². The van der Waals surface area contributed by atoms with E-state index in [-0.39, 0.29) is 5.56 Å². The number of rotatable bonds is 3. The van der Waals surface area contributed by atoms with E-state index in [2.05, 4.69) is 18.0 Å². The molecule has 24 heavy (non-hydrogen) atoms. The highest BCUT2D eigenvalue weighted by atomic mass is 32.1. The highest BCUT2D eigenvalue weighted by Crippen LogP contribution is 2.35. The van der Waals surface area contributed by atoms with Gasteiger partial charge < -0.3 is 0 Å². The number of thiazole rings is 1. The zero-order valence-corrected chi connectivity index (χ0v) is 14.9. The van der Waals surface area contributed by atoms with Crippen LogP contribution >= 0.6 is 11.3 Å². The van der Waals surface area contributed by atoms with E-state index in [0.29, 0.717) is 11.9 Å². The minimum absolute atomic E-state index is 0.0420. The number of nitrogens with zero attached hydrogens (tertiary/aromatic N) is 3. The average Bonchev–Trinajstić information content (AvgIpc) is 3.05. The highest BCUT2D eigenvalue weighted by Gasteiger charge is 2.19.